The summed E-state index contributed by atoms with van der Waals surface area (Å²) in [6.45, 7) is 8.34. The van der Waals surface area contributed by atoms with Gasteiger partial charge in [0.2, 0.25) is 0 Å². The maximum absolute atomic E-state index is 14.9. The second kappa shape index (κ2) is 10.9. The minimum absolute atomic E-state index is 0.0117. The molecule has 0 atom stereocenters. The minimum Gasteiger partial charge on any atom is -0.203 e. The first-order valence-corrected chi connectivity index (χ1v) is 12.3. The van der Waals surface area contributed by atoms with Crippen molar-refractivity contribution < 1.29 is 17.6 Å². The fourth-order valence-electron chi connectivity index (χ4n) is 5.32. The normalized spacial score (nSPS) is 25.8. The maximum atomic E-state index is 14.9. The van der Waals surface area contributed by atoms with E-state index in [4.69, 9.17) is 0 Å². The number of hydrogen-bond acceptors (Lipinski definition) is 0. The zero-order chi connectivity index (χ0) is 23.4. The molecule has 0 saturated heterocycles. The molecule has 0 heterocycles. The van der Waals surface area contributed by atoms with Gasteiger partial charge in [-0.3, -0.25) is 0 Å². The first-order chi connectivity index (χ1) is 15.4. The van der Waals surface area contributed by atoms with E-state index in [9.17, 15) is 17.6 Å². The molecule has 2 fully saturated rings. The first-order valence-electron chi connectivity index (χ1n) is 12.3. The molecule has 0 bridgehead atoms. The Kier molecular flexibility index (Phi) is 8.41. The molecule has 0 unspecified atom stereocenters. The lowest BCUT2D eigenvalue weighted by atomic mass is 9.78. The molecular weight excluding hydrogens is 412 g/mol. The second-order valence-corrected chi connectivity index (χ2v) is 9.57. The van der Waals surface area contributed by atoms with E-state index in [2.05, 4.69) is 13.8 Å². The van der Waals surface area contributed by atoms with Crippen molar-refractivity contribution in [2.45, 2.75) is 90.9 Å². The van der Waals surface area contributed by atoms with Crippen LogP contribution in [-0.4, -0.2) is 0 Å². The quantitative estimate of drug-likeness (QED) is 0.410. The van der Waals surface area contributed by atoms with Crippen LogP contribution in [0.4, 0.5) is 17.6 Å². The van der Waals surface area contributed by atoms with E-state index < -0.39 is 23.3 Å². The SMILES string of the molecule is CC.CC1CCC(c2ccc(-c3ccc(C4CCC(C)CC4)c(F)c3F)c(F)c2F)CC1. The highest BCUT2D eigenvalue weighted by Gasteiger charge is 2.28. The van der Waals surface area contributed by atoms with Gasteiger partial charge in [0.05, 0.1) is 0 Å². The number of halogens is 4. The molecule has 2 aliphatic carbocycles. The third kappa shape index (κ3) is 5.05. The second-order valence-electron chi connectivity index (χ2n) is 9.57. The molecule has 4 heteroatoms. The van der Waals surface area contributed by atoms with Crippen molar-refractivity contribution in [3.8, 4) is 11.1 Å². The molecule has 0 aliphatic heterocycles. The van der Waals surface area contributed by atoms with E-state index in [-0.39, 0.29) is 23.0 Å². The fraction of sp³-hybridized carbons (Fsp3) is 0.571. The van der Waals surface area contributed by atoms with Crippen molar-refractivity contribution in [1.29, 1.82) is 0 Å². The van der Waals surface area contributed by atoms with Gasteiger partial charge in [-0.15, -0.1) is 0 Å². The van der Waals surface area contributed by atoms with E-state index in [0.29, 0.717) is 23.0 Å². The topological polar surface area (TPSA) is 0 Å². The van der Waals surface area contributed by atoms with Crippen LogP contribution in [0.15, 0.2) is 24.3 Å². The van der Waals surface area contributed by atoms with Crippen LogP contribution in [0.3, 0.4) is 0 Å². The molecule has 0 aromatic heterocycles. The predicted molar refractivity (Wildman–Crippen MR) is 124 cm³/mol. The van der Waals surface area contributed by atoms with Crippen molar-refractivity contribution in [2.24, 2.45) is 11.8 Å². The molecule has 0 amide bonds. The molecule has 0 radical (unpaired) electrons. The van der Waals surface area contributed by atoms with Crippen molar-refractivity contribution in [1.82, 2.24) is 0 Å². The monoisotopic (exact) mass is 448 g/mol. The zero-order valence-electron chi connectivity index (χ0n) is 19.8. The van der Waals surface area contributed by atoms with Gasteiger partial charge in [0, 0.05) is 11.1 Å². The Bertz CT molecular complexity index is 829. The molecule has 2 aliphatic rings. The lowest BCUT2D eigenvalue weighted by Crippen LogP contribution is -2.14. The van der Waals surface area contributed by atoms with Crippen LogP contribution >= 0.6 is 0 Å². The molecule has 4 rings (SSSR count). The molecule has 176 valence electrons. The molecular formula is C28H36F4. The third-order valence-electron chi connectivity index (χ3n) is 7.43. The van der Waals surface area contributed by atoms with Gasteiger partial charge in [-0.2, -0.15) is 0 Å². The summed E-state index contributed by atoms with van der Waals surface area (Å²) >= 11 is 0. The Morgan fingerprint density at radius 1 is 0.500 bits per heavy atom. The van der Waals surface area contributed by atoms with E-state index in [1.165, 1.54) is 12.1 Å². The minimum atomic E-state index is -1.08. The zero-order valence-corrected chi connectivity index (χ0v) is 19.8. The molecule has 2 saturated carbocycles. The average Bonchev–Trinajstić information content (AvgIpc) is 2.81. The Hall–Kier alpha value is -1.84. The van der Waals surface area contributed by atoms with Crippen LogP contribution in [0.25, 0.3) is 11.1 Å². The molecule has 0 spiro atoms. The van der Waals surface area contributed by atoms with Crippen LogP contribution in [0.1, 0.15) is 102 Å². The lowest BCUT2D eigenvalue weighted by molar-refractivity contribution is 0.339. The fourth-order valence-corrected chi connectivity index (χ4v) is 5.32. The lowest BCUT2D eigenvalue weighted by Gasteiger charge is -2.27. The van der Waals surface area contributed by atoms with Gasteiger partial charge in [0.15, 0.2) is 23.3 Å². The van der Waals surface area contributed by atoms with Crippen molar-refractivity contribution in [3.05, 3.63) is 58.7 Å². The summed E-state index contributed by atoms with van der Waals surface area (Å²) < 4.78 is 59.6. The summed E-state index contributed by atoms with van der Waals surface area (Å²) in [6.07, 6.45) is 7.29. The van der Waals surface area contributed by atoms with Crippen LogP contribution in [-0.2, 0) is 0 Å². The summed E-state index contributed by atoms with van der Waals surface area (Å²) in [6, 6.07) is 5.93. The number of benzene rings is 2. The van der Waals surface area contributed by atoms with Crippen LogP contribution in [0, 0.1) is 35.1 Å². The summed E-state index contributed by atoms with van der Waals surface area (Å²) in [4.78, 5) is 0. The van der Waals surface area contributed by atoms with E-state index in [1.807, 2.05) is 13.8 Å². The van der Waals surface area contributed by atoms with Gasteiger partial charge in [-0.05, 0) is 60.5 Å². The summed E-state index contributed by atoms with van der Waals surface area (Å²) in [5.41, 5.74) is 0.301. The summed E-state index contributed by atoms with van der Waals surface area (Å²) in [5.74, 6) is -2.81. The molecule has 0 N–H and O–H groups in total. The molecule has 2 aromatic carbocycles. The van der Waals surface area contributed by atoms with Gasteiger partial charge in [-0.25, -0.2) is 17.6 Å². The van der Waals surface area contributed by atoms with Gasteiger partial charge in [-0.1, -0.05) is 77.6 Å². The Labute approximate surface area is 190 Å². The largest absolute Gasteiger partial charge is 0.203 e. The van der Waals surface area contributed by atoms with E-state index in [0.717, 1.165) is 51.4 Å². The van der Waals surface area contributed by atoms with Gasteiger partial charge in [0.25, 0.3) is 0 Å². The molecule has 2 aromatic rings. The van der Waals surface area contributed by atoms with Crippen LogP contribution in [0.2, 0.25) is 0 Å². The van der Waals surface area contributed by atoms with E-state index in [1.54, 1.807) is 12.1 Å². The standard InChI is InChI=1S/C26H30F4.C2H6/c1-15-3-7-17(8-4-15)19-11-13-21(25(29)23(19)27)22-14-12-20(24(28)26(22)30)18-9-5-16(2)6-10-18;1-2/h11-18H,3-10H2,1-2H3;1-2H3. The van der Waals surface area contributed by atoms with Crippen molar-refractivity contribution in [3.63, 3.8) is 0 Å². The van der Waals surface area contributed by atoms with E-state index >= 15 is 0 Å². The molecule has 32 heavy (non-hydrogen) atoms. The predicted octanol–water partition coefficient (Wildman–Crippen LogP) is 9.52. The van der Waals surface area contributed by atoms with Crippen LogP contribution < -0.4 is 0 Å². The highest BCUT2D eigenvalue weighted by molar-refractivity contribution is 5.66. The summed E-state index contributed by atoms with van der Waals surface area (Å²) in [7, 11) is 0. The third-order valence-corrected chi connectivity index (χ3v) is 7.43. The highest BCUT2D eigenvalue weighted by Crippen LogP contribution is 2.41. The summed E-state index contributed by atoms with van der Waals surface area (Å²) in [5, 5.41) is 0. The Balaban J connectivity index is 0.00000141. The van der Waals surface area contributed by atoms with Gasteiger partial charge >= 0.3 is 0 Å². The number of rotatable bonds is 3. The maximum Gasteiger partial charge on any atom is 0.167 e. The number of hydrogen-bond donors (Lipinski definition) is 0. The van der Waals surface area contributed by atoms with Crippen LogP contribution in [0.5, 0.6) is 0 Å². The van der Waals surface area contributed by atoms with Gasteiger partial charge < -0.3 is 0 Å². The Morgan fingerprint density at radius 3 is 1.12 bits per heavy atom. The van der Waals surface area contributed by atoms with Gasteiger partial charge in [0.1, 0.15) is 0 Å². The average molecular weight is 449 g/mol. The van der Waals surface area contributed by atoms with Crippen molar-refractivity contribution in [2.75, 3.05) is 0 Å². The Morgan fingerprint density at radius 2 is 0.812 bits per heavy atom. The molecule has 0 nitrogen and oxygen atoms in total. The first kappa shape index (κ1) is 24.8. The smallest absolute Gasteiger partial charge is 0.167 e. The highest BCUT2D eigenvalue weighted by atomic mass is 19.2. The van der Waals surface area contributed by atoms with Crippen molar-refractivity contribution >= 4 is 0 Å².